The van der Waals surface area contributed by atoms with Gasteiger partial charge < -0.3 is 19.7 Å². The average Bonchev–Trinajstić information content (AvgIpc) is 2.86. The molecule has 0 atom stereocenters. The molecule has 0 amide bonds. The molecule has 11 heteroatoms. The Labute approximate surface area is 165 Å². The second kappa shape index (κ2) is 7.23. The Hall–Kier alpha value is -2.79. The molecule has 0 radical (unpaired) electrons. The molecule has 1 fully saturated rings. The van der Waals surface area contributed by atoms with Crippen LogP contribution in [0.5, 0.6) is 5.75 Å². The highest BCUT2D eigenvalue weighted by molar-refractivity contribution is 7.88. The lowest BCUT2D eigenvalue weighted by atomic mass is 10.1. The van der Waals surface area contributed by atoms with E-state index < -0.39 is 21.4 Å². The van der Waals surface area contributed by atoms with Crippen molar-refractivity contribution in [2.45, 2.75) is 5.51 Å². The van der Waals surface area contributed by atoms with Gasteiger partial charge in [0, 0.05) is 55.4 Å². The van der Waals surface area contributed by atoms with Crippen LogP contribution in [0.25, 0.3) is 0 Å². The number of rotatable bonds is 3. The maximum atomic E-state index is 12.6. The first-order valence-electron chi connectivity index (χ1n) is 8.79. The molecule has 0 unspecified atom stereocenters. The lowest BCUT2D eigenvalue weighted by Crippen LogP contribution is -2.43. The molecule has 1 saturated heterocycles. The number of hydrogen-bond donors (Lipinski definition) is 2. The molecule has 7 nitrogen and oxygen atoms in total. The standard InChI is InChI=1S/C18H17F3N4O3S/c19-18(20,21)29(26,27)28-12-4-5-15-16(10-12)23-11-13-14(24-15)2-1-3-17(13)25-8-6-22-7-9-25/h1-5,10-11,22,24H,6-9H2. The Morgan fingerprint density at radius 3 is 2.55 bits per heavy atom. The first-order chi connectivity index (χ1) is 13.7. The Balaban J connectivity index is 1.67. The van der Waals surface area contributed by atoms with Gasteiger partial charge >= 0.3 is 15.6 Å². The van der Waals surface area contributed by atoms with Crippen LogP contribution in [0.15, 0.2) is 41.4 Å². The highest BCUT2D eigenvalue weighted by Crippen LogP contribution is 2.38. The van der Waals surface area contributed by atoms with Gasteiger partial charge in [0.1, 0.15) is 5.75 Å². The van der Waals surface area contributed by atoms with E-state index in [0.717, 1.165) is 55.2 Å². The van der Waals surface area contributed by atoms with Crippen molar-refractivity contribution in [2.75, 3.05) is 36.4 Å². The summed E-state index contributed by atoms with van der Waals surface area (Å²) < 4.78 is 64.4. The van der Waals surface area contributed by atoms with Crippen molar-refractivity contribution >= 4 is 39.1 Å². The zero-order valence-corrected chi connectivity index (χ0v) is 15.8. The third-order valence-corrected chi connectivity index (χ3v) is 5.58. The summed E-state index contributed by atoms with van der Waals surface area (Å²) in [5.74, 6) is -0.465. The van der Waals surface area contributed by atoms with E-state index in [9.17, 15) is 21.6 Å². The summed E-state index contributed by atoms with van der Waals surface area (Å²) >= 11 is 0. The van der Waals surface area contributed by atoms with Crippen LogP contribution in [0.4, 0.5) is 35.9 Å². The van der Waals surface area contributed by atoms with Crippen molar-refractivity contribution in [3.63, 3.8) is 0 Å². The highest BCUT2D eigenvalue weighted by atomic mass is 32.2. The van der Waals surface area contributed by atoms with Gasteiger partial charge in [0.25, 0.3) is 0 Å². The van der Waals surface area contributed by atoms with Crippen LogP contribution in [0, 0.1) is 0 Å². The number of piperazine rings is 1. The highest BCUT2D eigenvalue weighted by Gasteiger charge is 2.48. The van der Waals surface area contributed by atoms with Gasteiger partial charge in [0.05, 0.1) is 11.4 Å². The van der Waals surface area contributed by atoms with Gasteiger partial charge in [-0.25, -0.2) is 0 Å². The quantitative estimate of drug-likeness (QED) is 0.495. The van der Waals surface area contributed by atoms with Crippen molar-refractivity contribution < 1.29 is 25.8 Å². The number of hydrogen-bond acceptors (Lipinski definition) is 7. The maximum absolute atomic E-state index is 12.6. The normalized spacial score (nSPS) is 16.4. The Bertz CT molecular complexity index is 1060. The number of nitrogens with zero attached hydrogens (tertiary/aromatic N) is 2. The van der Waals surface area contributed by atoms with Gasteiger partial charge in [-0.1, -0.05) is 6.07 Å². The van der Waals surface area contributed by atoms with E-state index >= 15 is 0 Å². The van der Waals surface area contributed by atoms with Crippen molar-refractivity contribution in [2.24, 2.45) is 4.99 Å². The van der Waals surface area contributed by atoms with Crippen LogP contribution in [0.2, 0.25) is 0 Å². The molecule has 4 rings (SSSR count). The summed E-state index contributed by atoms with van der Waals surface area (Å²) in [5.41, 5.74) is -2.09. The molecule has 0 aromatic heterocycles. The molecule has 154 valence electrons. The number of alkyl halides is 3. The van der Waals surface area contributed by atoms with E-state index in [1.54, 1.807) is 6.21 Å². The largest absolute Gasteiger partial charge is 0.534 e. The van der Waals surface area contributed by atoms with Gasteiger partial charge in [0.15, 0.2) is 0 Å². The van der Waals surface area contributed by atoms with E-state index in [0.29, 0.717) is 5.69 Å². The molecule has 0 saturated carbocycles. The predicted molar refractivity (Wildman–Crippen MR) is 104 cm³/mol. The van der Waals surface area contributed by atoms with E-state index in [2.05, 4.69) is 24.7 Å². The summed E-state index contributed by atoms with van der Waals surface area (Å²) in [5, 5.41) is 6.50. The van der Waals surface area contributed by atoms with Crippen LogP contribution in [0.1, 0.15) is 5.56 Å². The number of fused-ring (bicyclic) bond motifs is 2. The molecule has 2 aliphatic heterocycles. The first kappa shape index (κ1) is 19.5. The van der Waals surface area contributed by atoms with Crippen molar-refractivity contribution in [1.29, 1.82) is 0 Å². The Morgan fingerprint density at radius 2 is 1.83 bits per heavy atom. The van der Waals surface area contributed by atoms with Crippen LogP contribution < -0.4 is 19.7 Å². The fourth-order valence-corrected chi connectivity index (χ4v) is 3.66. The number of aliphatic imine (C=N–C) groups is 1. The van der Waals surface area contributed by atoms with E-state index in [1.807, 2.05) is 18.2 Å². The smallest absolute Gasteiger partial charge is 0.376 e. The maximum Gasteiger partial charge on any atom is 0.534 e. The monoisotopic (exact) mass is 426 g/mol. The molecule has 2 aromatic rings. The minimum Gasteiger partial charge on any atom is -0.376 e. The molecule has 29 heavy (non-hydrogen) atoms. The molecule has 2 aliphatic rings. The van der Waals surface area contributed by atoms with Crippen LogP contribution in [0.3, 0.4) is 0 Å². The van der Waals surface area contributed by atoms with Gasteiger partial charge in [-0.15, -0.1) is 0 Å². The minimum absolute atomic E-state index is 0.266. The lowest BCUT2D eigenvalue weighted by molar-refractivity contribution is -0.0500. The zero-order valence-electron chi connectivity index (χ0n) is 15.0. The average molecular weight is 426 g/mol. The molecular formula is C18H17F3N4O3S. The van der Waals surface area contributed by atoms with Gasteiger partial charge in [-0.3, -0.25) is 4.99 Å². The number of halogens is 3. The number of nitrogens with one attached hydrogen (secondary N) is 2. The molecule has 0 bridgehead atoms. The van der Waals surface area contributed by atoms with Gasteiger partial charge in [-0.2, -0.15) is 21.6 Å². The van der Waals surface area contributed by atoms with Gasteiger partial charge in [-0.05, 0) is 24.3 Å². The summed E-state index contributed by atoms with van der Waals surface area (Å²) in [6.07, 6.45) is 1.62. The van der Waals surface area contributed by atoms with E-state index in [-0.39, 0.29) is 5.69 Å². The number of benzene rings is 2. The third-order valence-electron chi connectivity index (χ3n) is 4.60. The molecule has 2 aromatic carbocycles. The predicted octanol–water partition coefficient (Wildman–Crippen LogP) is 3.13. The minimum atomic E-state index is -5.75. The molecule has 2 heterocycles. The van der Waals surface area contributed by atoms with Crippen molar-refractivity contribution in [3.8, 4) is 5.75 Å². The fraction of sp³-hybridized carbons (Fsp3) is 0.278. The van der Waals surface area contributed by atoms with Crippen LogP contribution >= 0.6 is 0 Å². The second-order valence-electron chi connectivity index (χ2n) is 6.52. The van der Waals surface area contributed by atoms with E-state index in [4.69, 9.17) is 0 Å². The molecule has 2 N–H and O–H groups in total. The van der Waals surface area contributed by atoms with E-state index in [1.165, 1.54) is 6.07 Å². The number of anilines is 3. The molecule has 0 aliphatic carbocycles. The van der Waals surface area contributed by atoms with Crippen LogP contribution in [-0.2, 0) is 10.1 Å². The fourth-order valence-electron chi connectivity index (χ4n) is 3.21. The summed E-state index contributed by atoms with van der Waals surface area (Å²) in [4.78, 5) is 6.58. The van der Waals surface area contributed by atoms with Crippen LogP contribution in [-0.4, -0.2) is 46.3 Å². The lowest BCUT2D eigenvalue weighted by Gasteiger charge is -2.31. The second-order valence-corrected chi connectivity index (χ2v) is 8.06. The zero-order chi connectivity index (χ0) is 20.6. The summed E-state index contributed by atoms with van der Waals surface area (Å²) in [7, 11) is -5.75. The van der Waals surface area contributed by atoms with Crippen molar-refractivity contribution in [3.05, 3.63) is 42.0 Å². The van der Waals surface area contributed by atoms with Gasteiger partial charge in [0.2, 0.25) is 0 Å². The molecular weight excluding hydrogens is 409 g/mol. The third kappa shape index (κ3) is 3.87. The first-order valence-corrected chi connectivity index (χ1v) is 10.2. The van der Waals surface area contributed by atoms with Crippen molar-refractivity contribution in [1.82, 2.24) is 5.32 Å². The molecule has 0 spiro atoms. The summed E-state index contributed by atoms with van der Waals surface area (Å²) in [6, 6.07) is 9.50. The Kier molecular flexibility index (Phi) is 4.87. The SMILES string of the molecule is O=S(=O)(Oc1ccc2c(c1)N=Cc1c(cccc1N1CCNCC1)N2)C(F)(F)F. The summed E-state index contributed by atoms with van der Waals surface area (Å²) in [6.45, 7) is 3.40. The Morgan fingerprint density at radius 1 is 1.07 bits per heavy atom. The topological polar surface area (TPSA) is 83.0 Å².